The van der Waals surface area contributed by atoms with Gasteiger partial charge in [-0.2, -0.15) is 0 Å². The van der Waals surface area contributed by atoms with Crippen molar-refractivity contribution in [3.8, 4) is 5.75 Å². The average Bonchev–Trinajstić information content (AvgIpc) is 2.54. The molecule has 0 bridgehead atoms. The molecular weight excluding hydrogens is 258 g/mol. The van der Waals surface area contributed by atoms with E-state index in [1.807, 2.05) is 19.1 Å². The average molecular weight is 268 g/mol. The van der Waals surface area contributed by atoms with Crippen LogP contribution >= 0.6 is 15.9 Å². The summed E-state index contributed by atoms with van der Waals surface area (Å²) in [7, 11) is 0. The molecule has 0 aliphatic carbocycles. The number of halogens is 1. The zero-order valence-electron chi connectivity index (χ0n) is 8.29. The molecule has 0 spiro atoms. The predicted molar refractivity (Wildman–Crippen MR) is 59.8 cm³/mol. The third-order valence-electron chi connectivity index (χ3n) is 2.35. The van der Waals surface area contributed by atoms with E-state index in [0.29, 0.717) is 6.54 Å². The van der Waals surface area contributed by atoms with Crippen molar-refractivity contribution >= 4 is 22.0 Å². The van der Waals surface area contributed by atoms with E-state index in [2.05, 4.69) is 20.9 Å². The quantitative estimate of drug-likeness (QED) is 0.611. The van der Waals surface area contributed by atoms with Crippen LogP contribution in [0.4, 0.5) is 0 Å². The van der Waals surface area contributed by atoms with Crippen LogP contribution in [-0.2, 0) is 17.8 Å². The largest absolute Gasteiger partial charge is 0.490 e. The number of ether oxygens (including phenoxy) is 1. The smallest absolute Gasteiger partial charge is 0.235 e. The maximum atomic E-state index is 10.1. The Kier molecular flexibility index (Phi) is 2.89. The van der Waals surface area contributed by atoms with Crippen LogP contribution < -0.4 is 4.74 Å². The highest BCUT2D eigenvalue weighted by molar-refractivity contribution is 9.10. The van der Waals surface area contributed by atoms with Gasteiger partial charge in [0.1, 0.15) is 11.9 Å². The Morgan fingerprint density at radius 1 is 1.67 bits per heavy atom. The monoisotopic (exact) mass is 267 g/mol. The molecule has 0 N–H and O–H groups in total. The molecule has 0 aromatic heterocycles. The zero-order chi connectivity index (χ0) is 10.8. The zero-order valence-corrected chi connectivity index (χ0v) is 9.87. The Balaban J connectivity index is 2.42. The molecule has 2 rings (SSSR count). The molecule has 1 unspecified atom stereocenters. The lowest BCUT2D eigenvalue weighted by Gasteiger charge is -2.07. The maximum Gasteiger partial charge on any atom is 0.235 e. The van der Waals surface area contributed by atoms with Gasteiger partial charge in [0.25, 0.3) is 0 Å². The fourth-order valence-electron chi connectivity index (χ4n) is 1.80. The van der Waals surface area contributed by atoms with Gasteiger partial charge in [0.2, 0.25) is 6.08 Å². The molecule has 0 amide bonds. The third-order valence-corrected chi connectivity index (χ3v) is 2.81. The lowest BCUT2D eigenvalue weighted by molar-refractivity contribution is 0.252. The summed E-state index contributed by atoms with van der Waals surface area (Å²) in [5.74, 6) is 0.879. The minimum Gasteiger partial charge on any atom is -0.490 e. The van der Waals surface area contributed by atoms with Crippen LogP contribution in [-0.4, -0.2) is 12.2 Å². The minimum absolute atomic E-state index is 0.202. The summed E-state index contributed by atoms with van der Waals surface area (Å²) in [6.45, 7) is 2.36. The fourth-order valence-corrected chi connectivity index (χ4v) is 2.35. The van der Waals surface area contributed by atoms with Crippen LogP contribution in [0.15, 0.2) is 21.6 Å². The topological polar surface area (TPSA) is 38.7 Å². The summed E-state index contributed by atoms with van der Waals surface area (Å²) in [5, 5.41) is 0. The number of aliphatic imine (C=N–C) groups is 1. The van der Waals surface area contributed by atoms with Crippen molar-refractivity contribution in [2.24, 2.45) is 4.99 Å². The van der Waals surface area contributed by atoms with Crippen molar-refractivity contribution in [2.45, 2.75) is 26.0 Å². The number of rotatable bonds is 2. The van der Waals surface area contributed by atoms with E-state index < -0.39 is 0 Å². The first-order chi connectivity index (χ1) is 7.20. The number of carbonyl (C=O) groups excluding carboxylic acids is 1. The first kappa shape index (κ1) is 10.4. The Bertz CT molecular complexity index is 438. The Labute approximate surface area is 96.3 Å². The van der Waals surface area contributed by atoms with Gasteiger partial charge >= 0.3 is 0 Å². The summed E-state index contributed by atoms with van der Waals surface area (Å²) < 4.78 is 6.67. The normalized spacial score (nSPS) is 17.9. The molecule has 4 heteroatoms. The second-order valence-electron chi connectivity index (χ2n) is 3.59. The van der Waals surface area contributed by atoms with Crippen LogP contribution in [0.25, 0.3) is 0 Å². The van der Waals surface area contributed by atoms with Gasteiger partial charge in [-0.15, -0.1) is 0 Å². The second kappa shape index (κ2) is 4.17. The van der Waals surface area contributed by atoms with Crippen molar-refractivity contribution in [2.75, 3.05) is 0 Å². The van der Waals surface area contributed by atoms with Crippen LogP contribution in [0.1, 0.15) is 18.1 Å². The van der Waals surface area contributed by atoms with E-state index in [4.69, 9.17) is 4.74 Å². The van der Waals surface area contributed by atoms with Gasteiger partial charge in [-0.3, -0.25) is 0 Å². The molecule has 78 valence electrons. The molecule has 1 aromatic rings. The number of benzene rings is 1. The van der Waals surface area contributed by atoms with Crippen LogP contribution in [0.2, 0.25) is 0 Å². The Morgan fingerprint density at radius 2 is 2.47 bits per heavy atom. The molecule has 0 saturated heterocycles. The highest BCUT2D eigenvalue weighted by Crippen LogP contribution is 2.35. The Hall–Kier alpha value is -1.12. The third kappa shape index (κ3) is 2.11. The first-order valence-corrected chi connectivity index (χ1v) is 5.51. The van der Waals surface area contributed by atoms with Crippen molar-refractivity contribution in [1.82, 2.24) is 0 Å². The van der Waals surface area contributed by atoms with E-state index >= 15 is 0 Å². The number of nitrogens with zero attached hydrogens (tertiary/aromatic N) is 1. The number of hydrogen-bond donors (Lipinski definition) is 0. The van der Waals surface area contributed by atoms with Crippen molar-refractivity contribution in [3.63, 3.8) is 0 Å². The molecule has 1 atom stereocenters. The lowest BCUT2D eigenvalue weighted by atomic mass is 10.1. The van der Waals surface area contributed by atoms with E-state index in [1.165, 1.54) is 5.56 Å². The predicted octanol–water partition coefficient (Wildman–Crippen LogP) is 2.61. The van der Waals surface area contributed by atoms with Crippen molar-refractivity contribution in [1.29, 1.82) is 0 Å². The molecule has 0 saturated carbocycles. The van der Waals surface area contributed by atoms with E-state index in [-0.39, 0.29) is 6.10 Å². The molecule has 1 aliphatic rings. The van der Waals surface area contributed by atoms with Crippen LogP contribution in [0.3, 0.4) is 0 Å². The highest BCUT2D eigenvalue weighted by Gasteiger charge is 2.22. The summed E-state index contributed by atoms with van der Waals surface area (Å²) in [4.78, 5) is 13.7. The van der Waals surface area contributed by atoms with E-state index in [0.717, 1.165) is 22.2 Å². The first-order valence-electron chi connectivity index (χ1n) is 4.72. The number of fused-ring (bicyclic) bond motifs is 1. The summed E-state index contributed by atoms with van der Waals surface area (Å²) in [6.07, 6.45) is 2.65. The number of hydrogen-bond acceptors (Lipinski definition) is 3. The van der Waals surface area contributed by atoms with Gasteiger partial charge in [0.05, 0.1) is 6.54 Å². The lowest BCUT2D eigenvalue weighted by Crippen LogP contribution is -2.05. The highest BCUT2D eigenvalue weighted by atomic mass is 79.9. The SMILES string of the molecule is CC1Cc2cc(Br)cc(CN=C=O)c2O1. The van der Waals surface area contributed by atoms with Gasteiger partial charge < -0.3 is 4.74 Å². The van der Waals surface area contributed by atoms with E-state index in [9.17, 15) is 4.79 Å². The van der Waals surface area contributed by atoms with Gasteiger partial charge in [-0.05, 0) is 24.6 Å². The van der Waals surface area contributed by atoms with Gasteiger partial charge in [0.15, 0.2) is 0 Å². The molecule has 1 aromatic carbocycles. The second-order valence-corrected chi connectivity index (χ2v) is 4.51. The molecule has 0 radical (unpaired) electrons. The summed E-state index contributed by atoms with van der Waals surface area (Å²) >= 11 is 3.43. The molecule has 3 nitrogen and oxygen atoms in total. The van der Waals surface area contributed by atoms with Gasteiger partial charge in [-0.25, -0.2) is 9.79 Å². The van der Waals surface area contributed by atoms with Crippen molar-refractivity contribution < 1.29 is 9.53 Å². The van der Waals surface area contributed by atoms with Crippen LogP contribution in [0, 0.1) is 0 Å². The molecule has 1 aliphatic heterocycles. The molecule has 0 fully saturated rings. The summed E-state index contributed by atoms with van der Waals surface area (Å²) in [6, 6.07) is 3.98. The molecule has 1 heterocycles. The molecule has 15 heavy (non-hydrogen) atoms. The fraction of sp³-hybridized carbons (Fsp3) is 0.364. The molecular formula is C11H10BrNO2. The Morgan fingerprint density at radius 3 is 3.20 bits per heavy atom. The number of isocyanates is 1. The van der Waals surface area contributed by atoms with Gasteiger partial charge in [0, 0.05) is 16.5 Å². The maximum absolute atomic E-state index is 10.1. The standard InChI is InChI=1S/C11H10BrNO2/c1-7-2-8-3-10(12)4-9(5-13-6-14)11(8)15-7/h3-4,7H,2,5H2,1H3. The minimum atomic E-state index is 0.202. The van der Waals surface area contributed by atoms with Crippen molar-refractivity contribution in [3.05, 3.63) is 27.7 Å². The van der Waals surface area contributed by atoms with Gasteiger partial charge in [-0.1, -0.05) is 15.9 Å². The van der Waals surface area contributed by atoms with Crippen LogP contribution in [0.5, 0.6) is 5.75 Å². The summed E-state index contributed by atoms with van der Waals surface area (Å²) in [5.41, 5.74) is 2.11. The van der Waals surface area contributed by atoms with E-state index in [1.54, 1.807) is 6.08 Å².